The molecule has 3 aromatic rings. The molecule has 19 heavy (non-hydrogen) atoms. The van der Waals surface area contributed by atoms with Gasteiger partial charge in [-0.1, -0.05) is 12.1 Å². The second-order valence-corrected chi connectivity index (χ2v) is 4.46. The fourth-order valence-electron chi connectivity index (χ4n) is 2.24. The van der Waals surface area contributed by atoms with E-state index in [1.165, 1.54) is 12.1 Å². The Hall–Kier alpha value is -2.60. The predicted octanol–water partition coefficient (Wildman–Crippen LogP) is 3.70. The van der Waals surface area contributed by atoms with Crippen molar-refractivity contribution in [1.29, 1.82) is 5.26 Å². The predicted molar refractivity (Wildman–Crippen MR) is 72.2 cm³/mol. The summed E-state index contributed by atoms with van der Waals surface area (Å²) in [6, 6.07) is 16.3. The average Bonchev–Trinajstić information content (AvgIpc) is 2.81. The Morgan fingerprint density at radius 1 is 1.11 bits per heavy atom. The first kappa shape index (κ1) is 11.5. The van der Waals surface area contributed by atoms with Crippen molar-refractivity contribution in [2.24, 2.45) is 0 Å². The number of fused-ring (bicyclic) bond motifs is 1. The minimum Gasteiger partial charge on any atom is -0.343 e. The lowest BCUT2D eigenvalue weighted by molar-refractivity contribution is 0.629. The van der Waals surface area contributed by atoms with Crippen LogP contribution in [0.25, 0.3) is 10.9 Å². The van der Waals surface area contributed by atoms with Crippen LogP contribution >= 0.6 is 0 Å². The van der Waals surface area contributed by atoms with E-state index in [2.05, 4.69) is 6.07 Å². The number of hydrogen-bond acceptors (Lipinski definition) is 1. The zero-order valence-corrected chi connectivity index (χ0v) is 10.2. The summed E-state index contributed by atoms with van der Waals surface area (Å²) in [4.78, 5) is 0. The Morgan fingerprint density at radius 2 is 2.00 bits per heavy atom. The first-order valence-corrected chi connectivity index (χ1v) is 6.00. The molecule has 0 atom stereocenters. The monoisotopic (exact) mass is 250 g/mol. The molecule has 0 amide bonds. The Bertz CT molecular complexity index is 781. The molecule has 2 nitrogen and oxygen atoms in total. The number of nitriles is 1. The zero-order valence-electron chi connectivity index (χ0n) is 10.2. The van der Waals surface area contributed by atoms with Gasteiger partial charge in [0, 0.05) is 23.6 Å². The number of aromatic nitrogens is 1. The van der Waals surface area contributed by atoms with E-state index in [1.807, 2.05) is 35.0 Å². The van der Waals surface area contributed by atoms with Crippen LogP contribution in [0.4, 0.5) is 4.39 Å². The Balaban J connectivity index is 1.99. The lowest BCUT2D eigenvalue weighted by Crippen LogP contribution is -1.98. The number of nitrogens with zero attached hydrogens (tertiary/aromatic N) is 2. The summed E-state index contributed by atoms with van der Waals surface area (Å²) < 4.78 is 15.2. The van der Waals surface area contributed by atoms with E-state index in [9.17, 15) is 4.39 Å². The van der Waals surface area contributed by atoms with Crippen molar-refractivity contribution in [1.82, 2.24) is 4.57 Å². The van der Waals surface area contributed by atoms with Crippen LogP contribution in [0.15, 0.2) is 54.7 Å². The molecule has 3 rings (SSSR count). The summed E-state index contributed by atoms with van der Waals surface area (Å²) in [6.07, 6.45) is 1.93. The first-order valence-electron chi connectivity index (χ1n) is 6.00. The van der Waals surface area contributed by atoms with Gasteiger partial charge in [-0.2, -0.15) is 5.26 Å². The molecule has 2 aromatic carbocycles. The van der Waals surface area contributed by atoms with E-state index in [1.54, 1.807) is 12.1 Å². The molecule has 0 radical (unpaired) electrons. The molecule has 1 aromatic heterocycles. The maximum absolute atomic E-state index is 13.1. The largest absolute Gasteiger partial charge is 0.343 e. The van der Waals surface area contributed by atoms with E-state index in [4.69, 9.17) is 5.26 Å². The van der Waals surface area contributed by atoms with Gasteiger partial charge in [0.15, 0.2) is 0 Å². The second kappa shape index (κ2) is 4.58. The highest BCUT2D eigenvalue weighted by Crippen LogP contribution is 2.18. The SMILES string of the molecule is N#Cc1cccc(Cn2ccc3cc(F)ccc32)c1. The Morgan fingerprint density at radius 3 is 2.84 bits per heavy atom. The molecule has 1 heterocycles. The molecule has 0 bridgehead atoms. The van der Waals surface area contributed by atoms with Gasteiger partial charge in [0.1, 0.15) is 5.82 Å². The number of rotatable bonds is 2. The molecule has 0 aliphatic heterocycles. The van der Waals surface area contributed by atoms with Crippen LogP contribution in [0.2, 0.25) is 0 Å². The highest BCUT2D eigenvalue weighted by Gasteiger charge is 2.03. The van der Waals surface area contributed by atoms with Crippen LogP contribution in [-0.4, -0.2) is 4.57 Å². The van der Waals surface area contributed by atoms with E-state index in [0.29, 0.717) is 12.1 Å². The molecular formula is C16H11FN2. The van der Waals surface area contributed by atoms with Crippen molar-refractivity contribution < 1.29 is 4.39 Å². The van der Waals surface area contributed by atoms with Crippen LogP contribution in [0.5, 0.6) is 0 Å². The molecule has 0 unspecified atom stereocenters. The van der Waals surface area contributed by atoms with Gasteiger partial charge in [0.2, 0.25) is 0 Å². The van der Waals surface area contributed by atoms with Gasteiger partial charge >= 0.3 is 0 Å². The number of halogens is 1. The maximum atomic E-state index is 13.1. The normalized spacial score (nSPS) is 10.5. The average molecular weight is 250 g/mol. The van der Waals surface area contributed by atoms with Crippen LogP contribution in [0, 0.1) is 17.1 Å². The maximum Gasteiger partial charge on any atom is 0.123 e. The summed E-state index contributed by atoms with van der Waals surface area (Å²) in [6.45, 7) is 0.671. The Kier molecular flexibility index (Phi) is 2.77. The minimum absolute atomic E-state index is 0.225. The quantitative estimate of drug-likeness (QED) is 0.681. The first-order chi connectivity index (χ1) is 9.26. The van der Waals surface area contributed by atoms with E-state index in [0.717, 1.165) is 16.5 Å². The van der Waals surface area contributed by atoms with Crippen molar-refractivity contribution in [2.75, 3.05) is 0 Å². The molecule has 0 saturated carbocycles. The summed E-state index contributed by atoms with van der Waals surface area (Å²) in [5.74, 6) is -0.225. The molecule has 0 aliphatic carbocycles. The van der Waals surface area contributed by atoms with E-state index in [-0.39, 0.29) is 5.82 Å². The third kappa shape index (κ3) is 2.21. The third-order valence-corrected chi connectivity index (χ3v) is 3.14. The van der Waals surface area contributed by atoms with E-state index < -0.39 is 0 Å². The number of hydrogen-bond donors (Lipinski definition) is 0. The molecule has 0 N–H and O–H groups in total. The zero-order chi connectivity index (χ0) is 13.2. The van der Waals surface area contributed by atoms with Crippen LogP contribution in [0.3, 0.4) is 0 Å². The van der Waals surface area contributed by atoms with Gasteiger partial charge in [-0.05, 0) is 42.0 Å². The van der Waals surface area contributed by atoms with Crippen molar-refractivity contribution in [3.05, 3.63) is 71.7 Å². The fraction of sp³-hybridized carbons (Fsp3) is 0.0625. The molecule has 92 valence electrons. The van der Waals surface area contributed by atoms with Crippen molar-refractivity contribution in [3.8, 4) is 6.07 Å². The summed E-state index contributed by atoms with van der Waals surface area (Å²) in [7, 11) is 0. The molecule has 3 heteroatoms. The smallest absolute Gasteiger partial charge is 0.123 e. The minimum atomic E-state index is -0.225. The highest BCUT2D eigenvalue weighted by atomic mass is 19.1. The summed E-state index contributed by atoms with van der Waals surface area (Å²) in [5.41, 5.74) is 2.70. The van der Waals surface area contributed by atoms with Crippen molar-refractivity contribution in [3.63, 3.8) is 0 Å². The molecular weight excluding hydrogens is 239 g/mol. The topological polar surface area (TPSA) is 28.7 Å². The summed E-state index contributed by atoms with van der Waals surface area (Å²) in [5, 5.41) is 9.78. The molecule has 0 saturated heterocycles. The van der Waals surface area contributed by atoms with E-state index >= 15 is 0 Å². The fourth-order valence-corrected chi connectivity index (χ4v) is 2.24. The number of benzene rings is 2. The van der Waals surface area contributed by atoms with Gasteiger partial charge in [0.25, 0.3) is 0 Å². The van der Waals surface area contributed by atoms with Gasteiger partial charge in [0.05, 0.1) is 11.6 Å². The van der Waals surface area contributed by atoms with Crippen LogP contribution in [-0.2, 0) is 6.54 Å². The van der Waals surface area contributed by atoms with Crippen LogP contribution < -0.4 is 0 Å². The molecule has 0 fully saturated rings. The van der Waals surface area contributed by atoms with Crippen LogP contribution in [0.1, 0.15) is 11.1 Å². The Labute approximate surface area is 110 Å². The lowest BCUT2D eigenvalue weighted by atomic mass is 10.1. The summed E-state index contributed by atoms with van der Waals surface area (Å²) >= 11 is 0. The molecule has 0 aliphatic rings. The lowest BCUT2D eigenvalue weighted by Gasteiger charge is -2.06. The third-order valence-electron chi connectivity index (χ3n) is 3.14. The highest BCUT2D eigenvalue weighted by molar-refractivity contribution is 5.80. The second-order valence-electron chi connectivity index (χ2n) is 4.46. The van der Waals surface area contributed by atoms with Gasteiger partial charge in [-0.25, -0.2) is 4.39 Å². The van der Waals surface area contributed by atoms with Gasteiger partial charge < -0.3 is 4.57 Å². The van der Waals surface area contributed by atoms with Gasteiger partial charge in [-0.3, -0.25) is 0 Å². The standard InChI is InChI=1S/C16H11FN2/c17-15-4-5-16-14(9-15)6-7-19(16)11-13-3-1-2-12(8-13)10-18/h1-9H,11H2. The molecule has 0 spiro atoms. The van der Waals surface area contributed by atoms with Gasteiger partial charge in [-0.15, -0.1) is 0 Å². The van der Waals surface area contributed by atoms with Crippen molar-refractivity contribution in [2.45, 2.75) is 6.54 Å². The van der Waals surface area contributed by atoms with Crippen molar-refractivity contribution >= 4 is 10.9 Å².